The molecule has 2 heterocycles. The molecule has 20 heavy (non-hydrogen) atoms. The largest absolute Gasteiger partial charge is 0.469 e. The molecule has 0 radical (unpaired) electrons. The Balaban J connectivity index is 2.04. The minimum atomic E-state index is -0.483. The third-order valence-corrected chi connectivity index (χ3v) is 5.02. The van der Waals surface area contributed by atoms with Crippen LogP contribution in [0.25, 0.3) is 0 Å². The summed E-state index contributed by atoms with van der Waals surface area (Å²) >= 11 is 3.72. The Morgan fingerprint density at radius 3 is 2.70 bits per heavy atom. The topological polar surface area (TPSA) is 42.2 Å². The molecule has 1 aromatic heterocycles. The second kappa shape index (κ2) is 4.48. The molecule has 1 unspecified atom stereocenters. The van der Waals surface area contributed by atoms with Gasteiger partial charge in [0.05, 0.1) is 16.5 Å². The van der Waals surface area contributed by atoms with E-state index in [9.17, 15) is 4.79 Å². The van der Waals surface area contributed by atoms with Crippen LogP contribution in [-0.4, -0.2) is 5.91 Å². The minimum absolute atomic E-state index is 0.0512. The van der Waals surface area contributed by atoms with Crippen molar-refractivity contribution in [2.24, 2.45) is 0 Å². The van der Waals surface area contributed by atoms with Gasteiger partial charge >= 0.3 is 0 Å². The van der Waals surface area contributed by atoms with Crippen LogP contribution in [0, 0.1) is 6.92 Å². The number of alkyl halides is 1. The summed E-state index contributed by atoms with van der Waals surface area (Å²) in [6.45, 7) is 5.85. The SMILES string of the molecule is Cc1occc1C(Br)c1ccc2c(c1)C(C)(C)C(=O)N2. The fourth-order valence-corrected chi connectivity index (χ4v) is 3.34. The maximum absolute atomic E-state index is 12.0. The van der Waals surface area contributed by atoms with Crippen LogP contribution in [0.4, 0.5) is 5.69 Å². The van der Waals surface area contributed by atoms with E-state index < -0.39 is 5.41 Å². The van der Waals surface area contributed by atoms with Crippen molar-refractivity contribution in [2.75, 3.05) is 5.32 Å². The highest BCUT2D eigenvalue weighted by Gasteiger charge is 2.38. The molecule has 104 valence electrons. The van der Waals surface area contributed by atoms with Gasteiger partial charge in [0.2, 0.25) is 5.91 Å². The first kappa shape index (κ1) is 13.4. The molecule has 0 fully saturated rings. The van der Waals surface area contributed by atoms with Crippen LogP contribution in [0.1, 0.15) is 41.1 Å². The number of rotatable bonds is 2. The molecule has 1 aliphatic rings. The Labute approximate surface area is 126 Å². The van der Waals surface area contributed by atoms with Crippen LogP contribution in [0.15, 0.2) is 34.9 Å². The first-order valence-corrected chi connectivity index (χ1v) is 7.47. The number of carbonyl (C=O) groups excluding carboxylic acids is 1. The number of aryl methyl sites for hydroxylation is 1. The molecular weight excluding hydrogens is 318 g/mol. The summed E-state index contributed by atoms with van der Waals surface area (Å²) in [7, 11) is 0. The van der Waals surface area contributed by atoms with Crippen LogP contribution in [-0.2, 0) is 10.2 Å². The third kappa shape index (κ3) is 1.90. The van der Waals surface area contributed by atoms with E-state index in [4.69, 9.17) is 4.42 Å². The Morgan fingerprint density at radius 1 is 1.30 bits per heavy atom. The number of halogens is 1. The summed E-state index contributed by atoms with van der Waals surface area (Å²) in [6.07, 6.45) is 1.70. The van der Waals surface area contributed by atoms with Crippen molar-refractivity contribution in [3.8, 4) is 0 Å². The molecule has 1 aromatic carbocycles. The molecule has 0 saturated heterocycles. The smallest absolute Gasteiger partial charge is 0.234 e. The number of furan rings is 1. The number of hydrogen-bond acceptors (Lipinski definition) is 2. The number of nitrogens with one attached hydrogen (secondary N) is 1. The van der Waals surface area contributed by atoms with Gasteiger partial charge in [-0.2, -0.15) is 0 Å². The summed E-state index contributed by atoms with van der Waals surface area (Å²) in [4.78, 5) is 12.0. The van der Waals surface area contributed by atoms with E-state index in [1.165, 1.54) is 0 Å². The fraction of sp³-hybridized carbons (Fsp3) is 0.312. The van der Waals surface area contributed by atoms with Gasteiger partial charge in [0, 0.05) is 11.3 Å². The van der Waals surface area contributed by atoms with Gasteiger partial charge in [-0.3, -0.25) is 4.79 Å². The molecule has 1 N–H and O–H groups in total. The van der Waals surface area contributed by atoms with Gasteiger partial charge in [-0.1, -0.05) is 28.1 Å². The lowest BCUT2D eigenvalue weighted by atomic mass is 9.85. The summed E-state index contributed by atoms with van der Waals surface area (Å²) in [5, 5.41) is 2.93. The van der Waals surface area contributed by atoms with E-state index in [0.29, 0.717) is 0 Å². The molecule has 2 aromatic rings. The van der Waals surface area contributed by atoms with Crippen molar-refractivity contribution < 1.29 is 9.21 Å². The Kier molecular flexibility index (Phi) is 3.01. The second-order valence-electron chi connectivity index (χ2n) is 5.68. The zero-order valence-corrected chi connectivity index (χ0v) is 13.2. The predicted octanol–water partition coefficient (Wildman–Crippen LogP) is 4.30. The lowest BCUT2D eigenvalue weighted by Gasteiger charge is -2.17. The van der Waals surface area contributed by atoms with Gasteiger partial charge < -0.3 is 9.73 Å². The summed E-state index contributed by atoms with van der Waals surface area (Å²) in [5.74, 6) is 0.955. The van der Waals surface area contributed by atoms with E-state index >= 15 is 0 Å². The number of carbonyl (C=O) groups is 1. The van der Waals surface area contributed by atoms with Crippen molar-refractivity contribution in [3.05, 3.63) is 53.0 Å². The van der Waals surface area contributed by atoms with Crippen LogP contribution in [0.5, 0.6) is 0 Å². The van der Waals surface area contributed by atoms with Crippen LogP contribution < -0.4 is 5.32 Å². The van der Waals surface area contributed by atoms with Gasteiger partial charge in [0.25, 0.3) is 0 Å². The average Bonchev–Trinajstić information content (AvgIpc) is 2.92. The molecule has 4 heteroatoms. The van der Waals surface area contributed by atoms with Crippen molar-refractivity contribution in [2.45, 2.75) is 31.0 Å². The molecule has 0 bridgehead atoms. The van der Waals surface area contributed by atoms with E-state index in [2.05, 4.69) is 27.3 Å². The monoisotopic (exact) mass is 333 g/mol. The number of benzene rings is 1. The number of anilines is 1. The van der Waals surface area contributed by atoms with E-state index in [0.717, 1.165) is 28.1 Å². The summed E-state index contributed by atoms with van der Waals surface area (Å²) in [5.41, 5.74) is 3.71. The molecule has 0 spiro atoms. The van der Waals surface area contributed by atoms with Crippen LogP contribution in [0.2, 0.25) is 0 Å². The Bertz CT molecular complexity index is 688. The molecule has 0 saturated carbocycles. The van der Waals surface area contributed by atoms with Gasteiger partial charge in [-0.05, 0) is 44.0 Å². The highest BCUT2D eigenvalue weighted by atomic mass is 79.9. The predicted molar refractivity (Wildman–Crippen MR) is 82.3 cm³/mol. The van der Waals surface area contributed by atoms with Crippen molar-refractivity contribution in [3.63, 3.8) is 0 Å². The maximum atomic E-state index is 12.0. The molecule has 3 nitrogen and oxygen atoms in total. The normalized spacial score (nSPS) is 17.7. The number of hydrogen-bond donors (Lipinski definition) is 1. The molecule has 1 amide bonds. The molecule has 0 aliphatic carbocycles. The Morgan fingerprint density at radius 2 is 2.05 bits per heavy atom. The van der Waals surface area contributed by atoms with Gasteiger partial charge in [0.1, 0.15) is 5.76 Å². The summed E-state index contributed by atoms with van der Waals surface area (Å²) in [6, 6.07) is 8.07. The zero-order chi connectivity index (χ0) is 14.5. The number of fused-ring (bicyclic) bond motifs is 1. The van der Waals surface area contributed by atoms with Gasteiger partial charge in [-0.15, -0.1) is 0 Å². The highest BCUT2D eigenvalue weighted by molar-refractivity contribution is 9.09. The Hall–Kier alpha value is -1.55. The van der Waals surface area contributed by atoms with Crippen LogP contribution in [0.3, 0.4) is 0 Å². The maximum Gasteiger partial charge on any atom is 0.234 e. The van der Waals surface area contributed by atoms with Gasteiger partial charge in [0.15, 0.2) is 0 Å². The lowest BCUT2D eigenvalue weighted by molar-refractivity contribution is -0.119. The van der Waals surface area contributed by atoms with Crippen molar-refractivity contribution >= 4 is 27.5 Å². The molecular formula is C16H16BrNO2. The first-order chi connectivity index (χ1) is 9.41. The fourth-order valence-electron chi connectivity index (χ4n) is 2.58. The van der Waals surface area contributed by atoms with Gasteiger partial charge in [-0.25, -0.2) is 0 Å². The molecule has 3 rings (SSSR count). The molecule has 1 atom stereocenters. The first-order valence-electron chi connectivity index (χ1n) is 6.55. The summed E-state index contributed by atoms with van der Waals surface area (Å²) < 4.78 is 5.36. The van der Waals surface area contributed by atoms with Crippen LogP contribution >= 0.6 is 15.9 Å². The third-order valence-electron chi connectivity index (χ3n) is 4.00. The van der Waals surface area contributed by atoms with E-state index in [1.54, 1.807) is 6.26 Å². The lowest BCUT2D eigenvalue weighted by Crippen LogP contribution is -2.26. The van der Waals surface area contributed by atoms with Crippen molar-refractivity contribution in [1.82, 2.24) is 0 Å². The van der Waals surface area contributed by atoms with Crippen molar-refractivity contribution in [1.29, 1.82) is 0 Å². The highest BCUT2D eigenvalue weighted by Crippen LogP contribution is 2.41. The second-order valence-corrected chi connectivity index (χ2v) is 6.59. The van der Waals surface area contributed by atoms with E-state index in [1.807, 2.05) is 39.0 Å². The standard InChI is InChI=1S/C16H16BrNO2/c1-9-11(6-7-20-9)14(17)10-4-5-13-12(8-10)16(2,3)15(19)18-13/h4-8,14H,1-3H3,(H,18,19). The average molecular weight is 334 g/mol. The minimum Gasteiger partial charge on any atom is -0.469 e. The molecule has 1 aliphatic heterocycles. The number of amides is 1. The zero-order valence-electron chi connectivity index (χ0n) is 11.7. The van der Waals surface area contributed by atoms with E-state index in [-0.39, 0.29) is 10.7 Å². The quantitative estimate of drug-likeness (QED) is 0.832.